The van der Waals surface area contributed by atoms with E-state index in [4.69, 9.17) is 19.8 Å². The zero-order valence-electron chi connectivity index (χ0n) is 20.1. The van der Waals surface area contributed by atoms with Crippen LogP contribution < -0.4 is 10.1 Å². The minimum absolute atomic E-state index is 0.294. The van der Waals surface area contributed by atoms with E-state index in [1.165, 1.54) is 6.08 Å². The summed E-state index contributed by atoms with van der Waals surface area (Å²) in [6.45, 7) is -0.433. The van der Waals surface area contributed by atoms with E-state index >= 15 is 0 Å². The maximum Gasteiger partial charge on any atom is 0.331 e. The van der Waals surface area contributed by atoms with Crippen molar-refractivity contribution in [1.82, 2.24) is 9.78 Å². The Bertz CT molecular complexity index is 1430. The number of carbonyl (C=O) groups excluding carboxylic acids is 2. The molecule has 8 heteroatoms. The van der Waals surface area contributed by atoms with Gasteiger partial charge in [0.15, 0.2) is 6.61 Å². The van der Waals surface area contributed by atoms with Crippen LogP contribution >= 0.6 is 0 Å². The van der Waals surface area contributed by atoms with Gasteiger partial charge in [0.25, 0.3) is 5.91 Å². The molecule has 0 bridgehead atoms. The second-order valence-corrected chi connectivity index (χ2v) is 7.96. The summed E-state index contributed by atoms with van der Waals surface area (Å²) in [5, 5.41) is 16.1. The van der Waals surface area contributed by atoms with E-state index in [2.05, 4.69) is 11.4 Å². The van der Waals surface area contributed by atoms with Crippen molar-refractivity contribution >= 4 is 23.6 Å². The molecule has 0 unspecified atom stereocenters. The lowest BCUT2D eigenvalue weighted by Crippen LogP contribution is -2.20. The number of anilines is 1. The van der Waals surface area contributed by atoms with Gasteiger partial charge in [0.1, 0.15) is 5.75 Å². The molecule has 1 N–H and O–H groups in total. The summed E-state index contributed by atoms with van der Waals surface area (Å²) in [5.41, 5.74) is 4.50. The van der Waals surface area contributed by atoms with Gasteiger partial charge in [0.05, 0.1) is 31.0 Å². The van der Waals surface area contributed by atoms with Crippen molar-refractivity contribution < 1.29 is 19.1 Å². The zero-order chi connectivity index (χ0) is 26.0. The first-order chi connectivity index (χ1) is 18.1. The molecule has 4 aromatic rings. The molecule has 0 atom stereocenters. The lowest BCUT2D eigenvalue weighted by atomic mass is 10.1. The Morgan fingerprint density at radius 3 is 2.43 bits per heavy atom. The standard InChI is InChI=1S/C29H24N4O4/c1-36-26-14-9-22(10-15-26)29-23(19-33(32-29)25-5-3-2-4-6-25)11-16-28(35)37-20-27(34)31-24-12-7-21(8-13-24)17-18-30/h2-16,19H,17,20H2,1H3,(H,31,34)/b16-11+. The fourth-order valence-electron chi connectivity index (χ4n) is 3.53. The first-order valence-electron chi connectivity index (χ1n) is 11.5. The largest absolute Gasteiger partial charge is 0.497 e. The second-order valence-electron chi connectivity index (χ2n) is 7.96. The summed E-state index contributed by atoms with van der Waals surface area (Å²) >= 11 is 0. The number of nitrogens with one attached hydrogen (secondary N) is 1. The summed E-state index contributed by atoms with van der Waals surface area (Å²) in [6, 6.07) is 26.1. The molecule has 37 heavy (non-hydrogen) atoms. The Kier molecular flexibility index (Phi) is 8.09. The number of ether oxygens (including phenoxy) is 2. The van der Waals surface area contributed by atoms with Crippen molar-refractivity contribution in [3.63, 3.8) is 0 Å². The van der Waals surface area contributed by atoms with Crippen LogP contribution in [0.15, 0.2) is 91.1 Å². The van der Waals surface area contributed by atoms with Crippen molar-refractivity contribution in [2.45, 2.75) is 6.42 Å². The van der Waals surface area contributed by atoms with Crippen LogP contribution in [-0.4, -0.2) is 35.4 Å². The lowest BCUT2D eigenvalue weighted by molar-refractivity contribution is -0.142. The van der Waals surface area contributed by atoms with Crippen LogP contribution in [-0.2, 0) is 20.7 Å². The molecular formula is C29H24N4O4. The number of aromatic nitrogens is 2. The zero-order valence-corrected chi connectivity index (χ0v) is 20.1. The molecule has 1 amide bonds. The van der Waals surface area contributed by atoms with Crippen molar-refractivity contribution in [3.05, 3.63) is 102 Å². The van der Waals surface area contributed by atoms with E-state index in [1.54, 1.807) is 42.1 Å². The number of nitrogens with zero attached hydrogens (tertiary/aromatic N) is 3. The predicted molar refractivity (Wildman–Crippen MR) is 140 cm³/mol. The summed E-state index contributed by atoms with van der Waals surface area (Å²) < 4.78 is 12.1. The van der Waals surface area contributed by atoms with E-state index in [0.717, 1.165) is 22.6 Å². The minimum atomic E-state index is -0.660. The molecule has 0 saturated heterocycles. The molecule has 1 aromatic heterocycles. The molecule has 0 radical (unpaired) electrons. The number of rotatable bonds is 9. The molecular weight excluding hydrogens is 468 g/mol. The van der Waals surface area contributed by atoms with Crippen LogP contribution in [0.2, 0.25) is 0 Å². The van der Waals surface area contributed by atoms with Crippen molar-refractivity contribution in [2.75, 3.05) is 19.0 Å². The third kappa shape index (κ3) is 6.71. The van der Waals surface area contributed by atoms with Crippen LogP contribution in [0.3, 0.4) is 0 Å². The number of amides is 1. The SMILES string of the molecule is COc1ccc(-c2nn(-c3ccccc3)cc2/C=C/C(=O)OCC(=O)Nc2ccc(CC#N)cc2)cc1. The highest BCUT2D eigenvalue weighted by molar-refractivity contribution is 5.95. The number of nitriles is 1. The molecule has 3 aromatic carbocycles. The molecule has 0 saturated carbocycles. The number of benzene rings is 3. The summed E-state index contributed by atoms with van der Waals surface area (Å²) in [6.07, 6.45) is 4.99. The fraction of sp³-hybridized carbons (Fsp3) is 0.103. The average Bonchev–Trinajstić information content (AvgIpc) is 3.37. The van der Waals surface area contributed by atoms with Gasteiger partial charge in [-0.25, -0.2) is 9.48 Å². The number of esters is 1. The van der Waals surface area contributed by atoms with Gasteiger partial charge in [0.2, 0.25) is 0 Å². The van der Waals surface area contributed by atoms with Crippen LogP contribution in [0.4, 0.5) is 5.69 Å². The average molecular weight is 493 g/mol. The van der Waals surface area contributed by atoms with Crippen LogP contribution in [0.5, 0.6) is 5.75 Å². The second kappa shape index (κ2) is 12.0. The Morgan fingerprint density at radius 2 is 1.76 bits per heavy atom. The Morgan fingerprint density at radius 1 is 1.03 bits per heavy atom. The molecule has 0 aliphatic heterocycles. The molecule has 0 aliphatic carbocycles. The Labute approximate surface area is 214 Å². The molecule has 4 rings (SSSR count). The number of hydrogen-bond donors (Lipinski definition) is 1. The summed E-state index contributed by atoms with van der Waals surface area (Å²) in [4.78, 5) is 24.5. The quantitative estimate of drug-likeness (QED) is 0.266. The number of methoxy groups -OCH3 is 1. The highest BCUT2D eigenvalue weighted by Gasteiger charge is 2.12. The van der Waals surface area contributed by atoms with Gasteiger partial charge in [-0.3, -0.25) is 4.79 Å². The van der Waals surface area contributed by atoms with E-state index in [1.807, 2.05) is 60.8 Å². The summed E-state index contributed by atoms with van der Waals surface area (Å²) in [7, 11) is 1.60. The van der Waals surface area contributed by atoms with E-state index in [-0.39, 0.29) is 0 Å². The van der Waals surface area contributed by atoms with Gasteiger partial charge >= 0.3 is 5.97 Å². The predicted octanol–water partition coefficient (Wildman–Crippen LogP) is 4.81. The number of hydrogen-bond acceptors (Lipinski definition) is 6. The number of para-hydroxylation sites is 1. The van der Waals surface area contributed by atoms with Crippen LogP contribution in [0.1, 0.15) is 11.1 Å². The molecule has 0 aliphatic rings. The molecule has 184 valence electrons. The van der Waals surface area contributed by atoms with Crippen LogP contribution in [0.25, 0.3) is 23.0 Å². The normalized spacial score (nSPS) is 10.6. The van der Waals surface area contributed by atoms with Crippen molar-refractivity contribution in [2.24, 2.45) is 0 Å². The van der Waals surface area contributed by atoms with Crippen LogP contribution in [0, 0.1) is 11.3 Å². The van der Waals surface area contributed by atoms with E-state index in [9.17, 15) is 9.59 Å². The Balaban J connectivity index is 1.44. The highest BCUT2D eigenvalue weighted by Crippen LogP contribution is 2.26. The van der Waals surface area contributed by atoms with Gasteiger partial charge in [-0.1, -0.05) is 30.3 Å². The van der Waals surface area contributed by atoms with Gasteiger partial charge in [-0.2, -0.15) is 10.4 Å². The monoisotopic (exact) mass is 492 g/mol. The molecule has 0 fully saturated rings. The molecule has 8 nitrogen and oxygen atoms in total. The topological polar surface area (TPSA) is 106 Å². The lowest BCUT2D eigenvalue weighted by Gasteiger charge is -2.06. The third-order valence-corrected chi connectivity index (χ3v) is 5.39. The van der Waals surface area contributed by atoms with E-state index < -0.39 is 18.5 Å². The van der Waals surface area contributed by atoms with Gasteiger partial charge in [0, 0.05) is 29.1 Å². The van der Waals surface area contributed by atoms with Gasteiger partial charge in [-0.15, -0.1) is 0 Å². The Hall–Kier alpha value is -5.16. The van der Waals surface area contributed by atoms with Gasteiger partial charge < -0.3 is 14.8 Å². The molecule has 0 spiro atoms. The van der Waals surface area contributed by atoms with Crippen molar-refractivity contribution in [1.29, 1.82) is 5.26 Å². The number of carbonyl (C=O) groups is 2. The maximum absolute atomic E-state index is 12.3. The fourth-order valence-corrected chi connectivity index (χ4v) is 3.53. The van der Waals surface area contributed by atoms with Gasteiger partial charge in [-0.05, 0) is 60.2 Å². The third-order valence-electron chi connectivity index (χ3n) is 5.39. The maximum atomic E-state index is 12.3. The summed E-state index contributed by atoms with van der Waals surface area (Å²) in [5.74, 6) is -0.401. The highest BCUT2D eigenvalue weighted by atomic mass is 16.5. The first kappa shape index (κ1) is 24.9. The minimum Gasteiger partial charge on any atom is -0.497 e. The van der Waals surface area contributed by atoms with E-state index in [0.29, 0.717) is 23.4 Å². The molecule has 1 heterocycles. The van der Waals surface area contributed by atoms with Crippen molar-refractivity contribution in [3.8, 4) is 28.8 Å². The smallest absolute Gasteiger partial charge is 0.331 e. The first-order valence-corrected chi connectivity index (χ1v) is 11.5.